The molecule has 0 aliphatic carbocycles. The topological polar surface area (TPSA) is 55.4 Å². The molecular weight excluding hydrogens is 370 g/mol. The van der Waals surface area contributed by atoms with Crippen molar-refractivity contribution < 1.29 is 0 Å². The summed E-state index contributed by atoms with van der Waals surface area (Å²) in [7, 11) is 2.03. The number of aromatic nitrogens is 4. The second-order valence-electron chi connectivity index (χ2n) is 7.18. The second-order valence-corrected chi connectivity index (χ2v) is 8.05. The van der Waals surface area contributed by atoms with E-state index in [-0.39, 0.29) is 5.56 Å². The summed E-state index contributed by atoms with van der Waals surface area (Å²) in [5.41, 5.74) is 5.80. The minimum absolute atomic E-state index is 0.00647. The van der Waals surface area contributed by atoms with Crippen LogP contribution in [0.1, 0.15) is 17.0 Å². The molecule has 3 aromatic heterocycles. The van der Waals surface area contributed by atoms with Gasteiger partial charge in [0.2, 0.25) is 0 Å². The van der Waals surface area contributed by atoms with Crippen LogP contribution in [0.2, 0.25) is 0 Å². The van der Waals surface area contributed by atoms with Crippen LogP contribution in [0.4, 0.5) is 0 Å². The highest BCUT2D eigenvalue weighted by molar-refractivity contribution is 7.15. The van der Waals surface area contributed by atoms with Crippen molar-refractivity contribution in [2.45, 2.75) is 19.4 Å². The van der Waals surface area contributed by atoms with E-state index in [9.17, 15) is 4.79 Å². The van der Waals surface area contributed by atoms with Gasteiger partial charge in [0.25, 0.3) is 5.56 Å². The molecule has 6 nitrogen and oxygen atoms in total. The summed E-state index contributed by atoms with van der Waals surface area (Å²) in [6.07, 6.45) is 3.64. The van der Waals surface area contributed by atoms with Crippen LogP contribution in [0.15, 0.2) is 52.8 Å². The van der Waals surface area contributed by atoms with Crippen molar-refractivity contribution in [1.29, 1.82) is 0 Å². The molecule has 4 aromatic rings. The number of fused-ring (bicyclic) bond motifs is 2. The largest absolute Gasteiger partial charge is 0.297 e. The molecule has 7 heteroatoms. The molecule has 0 unspecified atom stereocenters. The molecule has 142 valence electrons. The van der Waals surface area contributed by atoms with Gasteiger partial charge < -0.3 is 0 Å². The van der Waals surface area contributed by atoms with Gasteiger partial charge in [-0.05, 0) is 6.42 Å². The predicted molar refractivity (Wildman–Crippen MR) is 111 cm³/mol. The zero-order chi connectivity index (χ0) is 19.1. The molecule has 0 saturated heterocycles. The fourth-order valence-corrected chi connectivity index (χ4v) is 4.78. The smallest absolute Gasteiger partial charge is 0.258 e. The van der Waals surface area contributed by atoms with Gasteiger partial charge in [-0.3, -0.25) is 18.8 Å². The van der Waals surface area contributed by atoms with Gasteiger partial charge in [-0.15, -0.1) is 11.3 Å². The fourth-order valence-electron chi connectivity index (χ4n) is 4.05. The molecule has 0 fully saturated rings. The molecule has 1 aliphatic heterocycles. The maximum atomic E-state index is 12.2. The van der Waals surface area contributed by atoms with Gasteiger partial charge in [-0.2, -0.15) is 5.10 Å². The van der Waals surface area contributed by atoms with E-state index in [0.29, 0.717) is 6.54 Å². The summed E-state index contributed by atoms with van der Waals surface area (Å²) in [5.74, 6) is 0. The van der Waals surface area contributed by atoms with Crippen molar-refractivity contribution in [2.75, 3.05) is 13.1 Å². The molecule has 4 heterocycles. The molecule has 0 spiro atoms. The highest BCUT2D eigenvalue weighted by atomic mass is 32.1. The third kappa shape index (κ3) is 3.06. The van der Waals surface area contributed by atoms with Crippen LogP contribution in [-0.2, 0) is 26.4 Å². The van der Waals surface area contributed by atoms with Crippen molar-refractivity contribution in [3.63, 3.8) is 0 Å². The summed E-state index contributed by atoms with van der Waals surface area (Å²) in [4.78, 5) is 20.0. The summed E-state index contributed by atoms with van der Waals surface area (Å²) in [5, 5.41) is 6.70. The Hall–Kier alpha value is -2.77. The Morgan fingerprint density at radius 1 is 1.14 bits per heavy atom. The molecule has 1 aromatic carbocycles. The van der Waals surface area contributed by atoms with Crippen molar-refractivity contribution in [3.05, 3.63) is 75.3 Å². The number of hydrogen-bond acceptors (Lipinski definition) is 5. The van der Waals surface area contributed by atoms with Gasteiger partial charge in [0, 0.05) is 61.9 Å². The molecule has 5 rings (SSSR count). The average molecular weight is 392 g/mol. The van der Waals surface area contributed by atoms with Crippen molar-refractivity contribution in [1.82, 2.24) is 24.1 Å². The summed E-state index contributed by atoms with van der Waals surface area (Å²) in [6.45, 7) is 2.55. The Labute approximate surface area is 166 Å². The highest BCUT2D eigenvalue weighted by Crippen LogP contribution is 2.28. The molecule has 0 saturated carbocycles. The van der Waals surface area contributed by atoms with Crippen LogP contribution >= 0.6 is 11.3 Å². The van der Waals surface area contributed by atoms with Crippen LogP contribution in [-0.4, -0.2) is 37.2 Å². The molecule has 0 N–H and O–H groups in total. The first-order valence-electron chi connectivity index (χ1n) is 9.47. The van der Waals surface area contributed by atoms with E-state index in [0.717, 1.165) is 36.6 Å². The van der Waals surface area contributed by atoms with E-state index in [4.69, 9.17) is 5.10 Å². The predicted octanol–water partition coefficient (Wildman–Crippen LogP) is 2.76. The van der Waals surface area contributed by atoms with Crippen LogP contribution < -0.4 is 5.56 Å². The first-order valence-corrected chi connectivity index (χ1v) is 10.4. The zero-order valence-electron chi connectivity index (χ0n) is 15.7. The zero-order valence-corrected chi connectivity index (χ0v) is 16.5. The third-order valence-electron chi connectivity index (χ3n) is 5.36. The van der Waals surface area contributed by atoms with Gasteiger partial charge in [0.1, 0.15) is 0 Å². The normalized spacial score (nSPS) is 14.9. The van der Waals surface area contributed by atoms with Crippen LogP contribution in [0.5, 0.6) is 0 Å². The minimum Gasteiger partial charge on any atom is -0.297 e. The van der Waals surface area contributed by atoms with Crippen molar-refractivity contribution in [3.8, 4) is 11.3 Å². The van der Waals surface area contributed by atoms with Crippen LogP contribution in [0.25, 0.3) is 16.2 Å². The monoisotopic (exact) mass is 391 g/mol. The van der Waals surface area contributed by atoms with Gasteiger partial charge in [-0.25, -0.2) is 4.98 Å². The summed E-state index contributed by atoms with van der Waals surface area (Å²) >= 11 is 1.49. The van der Waals surface area contributed by atoms with Crippen LogP contribution in [0.3, 0.4) is 0 Å². The SMILES string of the molecule is Cn1nc2c(c1-c1ccccc1)CCN(Cc1cc(=O)n3ccsc3n1)CC2. The fraction of sp³-hybridized carbons (Fsp3) is 0.286. The van der Waals surface area contributed by atoms with E-state index in [1.165, 1.54) is 33.9 Å². The summed E-state index contributed by atoms with van der Waals surface area (Å²) < 4.78 is 3.62. The highest BCUT2D eigenvalue weighted by Gasteiger charge is 2.22. The first kappa shape index (κ1) is 17.3. The Bertz CT molecular complexity index is 1190. The average Bonchev–Trinajstić information content (AvgIpc) is 3.24. The quantitative estimate of drug-likeness (QED) is 0.539. The molecule has 0 radical (unpaired) electrons. The molecule has 0 bridgehead atoms. The maximum absolute atomic E-state index is 12.2. The van der Waals surface area contributed by atoms with Crippen molar-refractivity contribution >= 4 is 16.3 Å². The molecule has 0 atom stereocenters. The number of nitrogens with zero attached hydrogens (tertiary/aromatic N) is 5. The Balaban J connectivity index is 1.39. The second kappa shape index (κ2) is 7.00. The number of rotatable bonds is 3. The molecule has 0 amide bonds. The third-order valence-corrected chi connectivity index (χ3v) is 6.12. The van der Waals surface area contributed by atoms with E-state index in [1.54, 1.807) is 16.7 Å². The standard InChI is InChI=1S/C21H21N5OS/c1-24-20(15-5-3-2-4-6-15)17-7-9-25(10-8-18(17)23-24)14-16-13-19(27)26-11-12-28-21(26)22-16/h2-6,11-13H,7-10,14H2,1H3. The van der Waals surface area contributed by atoms with Crippen molar-refractivity contribution in [2.24, 2.45) is 7.05 Å². The lowest BCUT2D eigenvalue weighted by atomic mass is 10.0. The van der Waals surface area contributed by atoms with Gasteiger partial charge in [0.15, 0.2) is 4.96 Å². The minimum atomic E-state index is -0.00647. The molecule has 28 heavy (non-hydrogen) atoms. The number of hydrogen-bond donors (Lipinski definition) is 0. The van der Waals surface area contributed by atoms with E-state index in [1.807, 2.05) is 23.2 Å². The van der Waals surface area contributed by atoms with E-state index < -0.39 is 0 Å². The Kier molecular flexibility index (Phi) is 4.33. The lowest BCUT2D eigenvalue weighted by molar-refractivity contribution is 0.275. The van der Waals surface area contributed by atoms with Gasteiger partial charge in [-0.1, -0.05) is 30.3 Å². The number of aryl methyl sites for hydroxylation is 1. The van der Waals surface area contributed by atoms with Crippen LogP contribution in [0, 0.1) is 0 Å². The molecular formula is C21H21N5OS. The maximum Gasteiger partial charge on any atom is 0.258 e. The molecule has 1 aliphatic rings. The summed E-state index contributed by atoms with van der Waals surface area (Å²) in [6, 6.07) is 12.1. The number of benzene rings is 1. The first-order chi connectivity index (χ1) is 13.7. The van der Waals surface area contributed by atoms with E-state index >= 15 is 0 Å². The van der Waals surface area contributed by atoms with E-state index in [2.05, 4.69) is 34.1 Å². The lowest BCUT2D eigenvalue weighted by Crippen LogP contribution is -2.27. The lowest BCUT2D eigenvalue weighted by Gasteiger charge is -2.19. The Morgan fingerprint density at radius 2 is 1.96 bits per heavy atom. The van der Waals surface area contributed by atoms with Gasteiger partial charge >= 0.3 is 0 Å². The number of thiazole rings is 1. The Morgan fingerprint density at radius 3 is 2.82 bits per heavy atom. The van der Waals surface area contributed by atoms with Gasteiger partial charge in [0.05, 0.1) is 17.1 Å².